The van der Waals surface area contributed by atoms with Crippen LogP contribution in [0.4, 0.5) is 0 Å². The van der Waals surface area contributed by atoms with E-state index in [0.29, 0.717) is 94.8 Å². The molecule has 40 heteroatoms. The van der Waals surface area contributed by atoms with Gasteiger partial charge in [-0.1, -0.05) is 175 Å². The van der Waals surface area contributed by atoms with Gasteiger partial charge in [0, 0.05) is 99.6 Å². The molecule has 0 saturated carbocycles. The highest BCUT2D eigenvalue weighted by atomic mass is 32.2. The van der Waals surface area contributed by atoms with E-state index in [1.165, 1.54) is 90.8 Å². The molecule has 11 amide bonds. The molecule has 0 bridgehead atoms. The first-order valence-corrected chi connectivity index (χ1v) is 55.2. The van der Waals surface area contributed by atoms with Gasteiger partial charge in [-0.2, -0.15) is 0 Å². The summed E-state index contributed by atoms with van der Waals surface area (Å²) < 4.78 is 88.2. The molecule has 2 heterocycles. The number of methoxy groups -OCH3 is 4. The minimum atomic E-state index is -4.44. The molecule has 0 aromatic heterocycles. The molecule has 2 saturated heterocycles. The number of esters is 1. The van der Waals surface area contributed by atoms with E-state index in [0.717, 1.165) is 0 Å². The first kappa shape index (κ1) is 132. The lowest BCUT2D eigenvalue weighted by atomic mass is 9.81. The fourth-order valence-corrected chi connectivity index (χ4v) is 22.0. The maximum atomic E-state index is 14.4. The first-order chi connectivity index (χ1) is 68.4. The Hall–Kier alpha value is -9.29. The predicted molar refractivity (Wildman–Crippen MR) is 563 cm³/mol. The SMILES string of the molecule is CC[C@H](C)[C@@H]([C@@H](CC(=O)N1CCC[C@H]1[C@H](OC)[C@@H](C)C(=O)NS(=O)(=O)c1ccc(CC(=O)[C@H](CCCCC(N)=O)CC(=O)[C@@H](CC(=O)OC(C)(C)C)C(C)C)cc1)OC)N(C)C(=O)[C@@H](NC(=O)[C@H](C(C)C)N(C)C)C(C)C.CC[C@H](C)[C@@H]([C@@H](CC(=O)N1CCC[C@H]1[C@H](OC)[C@@H](C)C(=O)NS(=O)(=O)c1ccc(CC(=O)[C@H](CCCCC(N)=O)NC(=O)[C@@H](N)C(C)C)cc1)OC)N(C)C(=O)[C@@H](NC(=O)[C@H](C(C)C)N(C)C)C(C)C. The number of nitrogens with zero attached hydrogens (tertiary/aromatic N) is 6. The van der Waals surface area contributed by atoms with Crippen LogP contribution in [0.3, 0.4) is 0 Å². The summed E-state index contributed by atoms with van der Waals surface area (Å²) in [7, 11) is 7.61. The van der Waals surface area contributed by atoms with Gasteiger partial charge in [-0.15, -0.1) is 0 Å². The Labute approximate surface area is 876 Å². The van der Waals surface area contributed by atoms with Crippen LogP contribution in [0.25, 0.3) is 0 Å². The average Bonchev–Trinajstić information content (AvgIpc) is 1.74. The van der Waals surface area contributed by atoms with Gasteiger partial charge in [0.15, 0.2) is 5.78 Å². The molecule has 0 unspecified atom stereocenters. The van der Waals surface area contributed by atoms with Gasteiger partial charge >= 0.3 is 5.97 Å². The minimum Gasteiger partial charge on any atom is -0.460 e. The first-order valence-electron chi connectivity index (χ1n) is 52.3. The molecule has 38 nitrogen and oxygen atoms in total. The van der Waals surface area contributed by atoms with Crippen molar-refractivity contribution in [2.24, 2.45) is 88.2 Å². The second kappa shape index (κ2) is 61.9. The summed E-state index contributed by atoms with van der Waals surface area (Å²) in [6, 6.07) is 4.37. The number of carbonyl (C=O) groups excluding carboxylic acids is 15. The van der Waals surface area contributed by atoms with E-state index in [9.17, 15) is 88.8 Å². The maximum Gasteiger partial charge on any atom is 0.307 e. The largest absolute Gasteiger partial charge is 0.460 e. The summed E-state index contributed by atoms with van der Waals surface area (Å²) in [5, 5.41) is 8.74. The Kier molecular flexibility index (Phi) is 55.5. The fraction of sp³-hybridized carbons (Fsp3) is 0.748. The van der Waals surface area contributed by atoms with Crippen molar-refractivity contribution in [2.45, 2.75) is 374 Å². The number of rotatable bonds is 63. The number of primary amides is 2. The number of hydrogen-bond donors (Lipinski definition) is 8. The van der Waals surface area contributed by atoms with Crippen LogP contribution in [0, 0.1) is 71.0 Å². The van der Waals surface area contributed by atoms with Crippen molar-refractivity contribution in [2.75, 3.05) is 83.8 Å². The van der Waals surface area contributed by atoms with Gasteiger partial charge in [0.2, 0.25) is 65.0 Å². The van der Waals surface area contributed by atoms with Crippen molar-refractivity contribution in [3.63, 3.8) is 0 Å². The highest BCUT2D eigenvalue weighted by molar-refractivity contribution is 7.90. The number of nitrogens with one attached hydrogen (secondary N) is 5. The molecule has 20 atom stereocenters. The predicted octanol–water partition coefficient (Wildman–Crippen LogP) is 8.64. The fourth-order valence-electron chi connectivity index (χ4n) is 19.9. The topological polar surface area (TPSA) is 528 Å². The number of likely N-dealkylation sites (tertiary alicyclic amines) is 2. The molecule has 2 aromatic rings. The van der Waals surface area contributed by atoms with Crippen LogP contribution in [0.2, 0.25) is 0 Å². The van der Waals surface area contributed by atoms with Crippen LogP contribution < -0.4 is 42.6 Å². The minimum absolute atomic E-state index is 0.00159. The summed E-state index contributed by atoms with van der Waals surface area (Å²) in [5.74, 6) is -10.8. The smallest absolute Gasteiger partial charge is 0.307 e. The van der Waals surface area contributed by atoms with Crippen molar-refractivity contribution in [1.29, 1.82) is 0 Å². The van der Waals surface area contributed by atoms with Gasteiger partial charge in [0.05, 0.1) is 114 Å². The molecule has 2 aliphatic heterocycles. The Morgan fingerprint density at radius 1 is 0.442 bits per heavy atom. The van der Waals surface area contributed by atoms with E-state index in [1.807, 2.05) is 135 Å². The Bertz CT molecular complexity index is 4840. The summed E-state index contributed by atoms with van der Waals surface area (Å²) in [5.41, 5.74) is 16.8. The van der Waals surface area contributed by atoms with Crippen LogP contribution in [-0.4, -0.2) is 309 Å². The lowest BCUT2D eigenvalue weighted by molar-refractivity contribution is -0.158. The molecule has 147 heavy (non-hydrogen) atoms. The van der Waals surface area contributed by atoms with Gasteiger partial charge in [-0.05, 0) is 183 Å². The number of benzene rings is 2. The zero-order valence-corrected chi connectivity index (χ0v) is 95.3. The normalized spacial score (nSPS) is 17.9. The third-order valence-corrected chi connectivity index (χ3v) is 31.4. The van der Waals surface area contributed by atoms with Crippen LogP contribution in [-0.2, 0) is 128 Å². The number of likely N-dealkylation sites (N-methyl/N-ethyl adjacent to an activating group) is 4. The number of ether oxygens (including phenoxy) is 5. The standard InChI is InChI=1S/C57H96N6O13S.C50H86N8O11S/c1-18-37(8)52(62(15)56(71)50(35(4)5)59-55(70)51(36(6)7)61(13)14)46(74-16)33-48(67)63-29-21-23-43(63)53(75-17)38(9)54(69)60-77(72,73)41-27-25-39(26-28-41)30-44(64)40(22-19-20-24-47(58)66)31-45(65)42(34(2)3)32-49(68)76-57(10,11)12;1-15-32(8)45(57(12)50(65)43(30(4)5)54-49(64)44(31(6)7)56(10)11)39(68-13)28-41(61)58-26-18-20-37(58)46(69-14)33(9)47(62)55-70(66,67)35-24-22-34(23-25-35)27-38(59)36(19-16-17-21-40(51)60)53-48(63)42(52)29(2)3/h25-28,34-38,40,42-43,46,50-53H,18-24,29-33H2,1-17H3,(H2,58,66)(H,59,70)(H,60,69);22-25,29-33,36-37,39,42-46H,15-21,26-28,52H2,1-14H3,(H2,51,60)(H,53,63)(H,54,64)(H,55,62)/t37-,38+,40+,42-,43-,46+,50-,51-,52-,53+;32-,33+,36-,37-,39+,42-,43-,44-,45-,46+/m00/s1. The Morgan fingerprint density at radius 3 is 1.12 bits per heavy atom. The van der Waals surface area contributed by atoms with E-state index < -0.39 is 170 Å². The highest BCUT2D eigenvalue weighted by Crippen LogP contribution is 2.35. The third-order valence-electron chi connectivity index (χ3n) is 28.6. The Morgan fingerprint density at radius 2 is 0.810 bits per heavy atom. The van der Waals surface area contributed by atoms with Crippen LogP contribution in [0.5, 0.6) is 0 Å². The molecule has 0 radical (unpaired) electrons. The van der Waals surface area contributed by atoms with Crippen LogP contribution in [0.15, 0.2) is 58.3 Å². The number of carbonyl (C=O) groups is 15. The summed E-state index contributed by atoms with van der Waals surface area (Å²) in [6.07, 6.45) is 2.04. The second-order valence-electron chi connectivity index (χ2n) is 43.7. The van der Waals surface area contributed by atoms with Gasteiger partial charge in [0.25, 0.3) is 20.0 Å². The van der Waals surface area contributed by atoms with Crippen LogP contribution in [0.1, 0.15) is 272 Å². The lowest BCUT2D eigenvalue weighted by Gasteiger charge is -2.41. The average molecular weight is 2110 g/mol. The highest BCUT2D eigenvalue weighted by Gasteiger charge is 2.48. The molecule has 4 rings (SSSR count). The molecule has 0 spiro atoms. The van der Waals surface area contributed by atoms with Crippen molar-refractivity contribution >= 4 is 108 Å². The lowest BCUT2D eigenvalue weighted by Crippen LogP contribution is -2.59. The summed E-state index contributed by atoms with van der Waals surface area (Å²) in [4.78, 5) is 211. The van der Waals surface area contributed by atoms with E-state index in [1.54, 1.807) is 68.3 Å². The van der Waals surface area contributed by atoms with E-state index in [2.05, 4.69) is 25.4 Å². The second-order valence-corrected chi connectivity index (χ2v) is 47.1. The maximum absolute atomic E-state index is 14.4. The van der Waals surface area contributed by atoms with Crippen molar-refractivity contribution in [3.8, 4) is 0 Å². The number of Topliss-reactive ketones (excluding diaryl/α,β-unsaturated/α-hetero) is 3. The molecule has 2 aromatic carbocycles. The number of amides is 11. The van der Waals surface area contributed by atoms with E-state index in [-0.39, 0.29) is 168 Å². The van der Waals surface area contributed by atoms with Crippen LogP contribution >= 0.6 is 0 Å². The van der Waals surface area contributed by atoms with Gasteiger partial charge < -0.3 is 76.4 Å². The molecular formula is C107H182N14O24S2. The van der Waals surface area contributed by atoms with Crippen molar-refractivity contribution in [1.82, 2.24) is 54.8 Å². The summed E-state index contributed by atoms with van der Waals surface area (Å²) >= 11 is 0. The third kappa shape index (κ3) is 40.4. The van der Waals surface area contributed by atoms with E-state index >= 15 is 0 Å². The summed E-state index contributed by atoms with van der Waals surface area (Å²) in [6.45, 7) is 39.5. The number of sulfonamides is 2. The van der Waals surface area contributed by atoms with Crippen molar-refractivity contribution in [3.05, 3.63) is 59.7 Å². The molecular weight excluding hydrogens is 1930 g/mol. The Balaban J connectivity index is 0.000000759. The number of nitrogens with two attached hydrogens (primary N) is 3. The number of unbranched alkanes of at least 4 members (excludes halogenated alkanes) is 2. The number of hydrogen-bond acceptors (Lipinski definition) is 27. The molecule has 2 aliphatic rings. The molecule has 2 fully saturated rings. The zero-order valence-electron chi connectivity index (χ0n) is 93.7. The number of ketones is 3. The van der Waals surface area contributed by atoms with Gasteiger partial charge in [0.1, 0.15) is 29.3 Å². The molecule has 0 aliphatic carbocycles. The van der Waals surface area contributed by atoms with Gasteiger partial charge in [-0.3, -0.25) is 81.7 Å². The monoisotopic (exact) mass is 2110 g/mol. The van der Waals surface area contributed by atoms with Crippen molar-refractivity contribution < 1.29 is 112 Å². The quantitative estimate of drug-likeness (QED) is 0.0227. The van der Waals surface area contributed by atoms with Gasteiger partial charge in [-0.25, -0.2) is 26.3 Å². The molecule has 836 valence electrons. The van der Waals surface area contributed by atoms with E-state index in [4.69, 9.17) is 40.9 Å². The zero-order chi connectivity index (χ0) is 112. The molecule has 11 N–H and O–H groups in total.